The first kappa shape index (κ1) is 18.2. The van der Waals surface area contributed by atoms with Crippen LogP contribution in [0.2, 0.25) is 5.02 Å². The average molecular weight is 374 g/mol. The number of rotatable bonds is 5. The van der Waals surface area contributed by atoms with Gasteiger partial charge in [0.25, 0.3) is 5.91 Å². The van der Waals surface area contributed by atoms with Crippen molar-refractivity contribution in [3.05, 3.63) is 52.8 Å². The van der Waals surface area contributed by atoms with E-state index in [1.807, 2.05) is 0 Å². The van der Waals surface area contributed by atoms with E-state index in [1.165, 1.54) is 38.3 Å². The lowest BCUT2D eigenvalue weighted by atomic mass is 10.2. The zero-order valence-corrected chi connectivity index (χ0v) is 15.2. The van der Waals surface area contributed by atoms with E-state index in [-0.39, 0.29) is 5.91 Å². The van der Waals surface area contributed by atoms with Crippen molar-refractivity contribution >= 4 is 34.9 Å². The molecular formula is C19H20ClN3O3. The molecule has 0 radical (unpaired) electrons. The molecule has 136 valence electrons. The van der Waals surface area contributed by atoms with Crippen LogP contribution in [0.5, 0.6) is 0 Å². The van der Waals surface area contributed by atoms with Crippen molar-refractivity contribution in [2.75, 3.05) is 17.7 Å². The smallest absolute Gasteiger partial charge is 0.337 e. The number of aromatic nitrogens is 1. The Bertz CT molecular complexity index is 819. The molecule has 0 spiro atoms. The van der Waals surface area contributed by atoms with Gasteiger partial charge in [-0.2, -0.15) is 0 Å². The molecule has 26 heavy (non-hydrogen) atoms. The molecule has 0 saturated heterocycles. The second-order valence-electron chi connectivity index (χ2n) is 6.23. The molecule has 0 atom stereocenters. The fourth-order valence-electron chi connectivity index (χ4n) is 3.01. The molecular weight excluding hydrogens is 354 g/mol. The number of methoxy groups -OCH3 is 1. The Labute approximate surface area is 156 Å². The molecule has 0 bridgehead atoms. The van der Waals surface area contributed by atoms with Crippen LogP contribution in [0.25, 0.3) is 0 Å². The number of benzene rings is 1. The molecule has 0 unspecified atom stereocenters. The van der Waals surface area contributed by atoms with E-state index in [1.54, 1.807) is 18.3 Å². The standard InChI is InChI=1S/C19H20ClN3O3/c1-26-19(25)12-6-7-16(20)17(9-12)23-18(24)13-8-15(11-21-10-13)22-14-4-2-3-5-14/h6-11,14,22H,2-5H2,1H3,(H,23,24). The van der Waals surface area contributed by atoms with Crippen LogP contribution in [0.3, 0.4) is 0 Å². The van der Waals surface area contributed by atoms with Crippen molar-refractivity contribution < 1.29 is 14.3 Å². The molecule has 2 aromatic rings. The number of hydrogen-bond donors (Lipinski definition) is 2. The average Bonchev–Trinajstić information content (AvgIpc) is 3.16. The van der Waals surface area contributed by atoms with Crippen LogP contribution in [0, 0.1) is 0 Å². The van der Waals surface area contributed by atoms with Crippen LogP contribution in [-0.2, 0) is 4.74 Å². The Morgan fingerprint density at radius 1 is 1.15 bits per heavy atom. The molecule has 1 amide bonds. The number of nitrogens with zero attached hydrogens (tertiary/aromatic N) is 1. The monoisotopic (exact) mass is 373 g/mol. The van der Waals surface area contributed by atoms with E-state index >= 15 is 0 Å². The maximum atomic E-state index is 12.6. The summed E-state index contributed by atoms with van der Waals surface area (Å²) in [7, 11) is 1.30. The zero-order valence-electron chi connectivity index (χ0n) is 14.4. The molecule has 1 heterocycles. The largest absolute Gasteiger partial charge is 0.465 e. The highest BCUT2D eigenvalue weighted by Gasteiger charge is 2.16. The summed E-state index contributed by atoms with van der Waals surface area (Å²) in [5.41, 5.74) is 1.88. The summed E-state index contributed by atoms with van der Waals surface area (Å²) >= 11 is 6.13. The summed E-state index contributed by atoms with van der Waals surface area (Å²) in [4.78, 5) is 28.3. The predicted molar refractivity (Wildman–Crippen MR) is 101 cm³/mol. The number of carbonyl (C=O) groups is 2. The fraction of sp³-hybridized carbons (Fsp3) is 0.316. The summed E-state index contributed by atoms with van der Waals surface area (Å²) < 4.78 is 4.69. The van der Waals surface area contributed by atoms with Crippen molar-refractivity contribution in [2.24, 2.45) is 0 Å². The maximum Gasteiger partial charge on any atom is 0.337 e. The molecule has 6 nitrogen and oxygen atoms in total. The van der Waals surface area contributed by atoms with Gasteiger partial charge in [0.05, 0.1) is 34.6 Å². The second-order valence-corrected chi connectivity index (χ2v) is 6.64. The van der Waals surface area contributed by atoms with Crippen LogP contribution in [0.4, 0.5) is 11.4 Å². The van der Waals surface area contributed by atoms with E-state index < -0.39 is 5.97 Å². The first-order valence-electron chi connectivity index (χ1n) is 8.47. The number of nitrogens with one attached hydrogen (secondary N) is 2. The highest BCUT2D eigenvalue weighted by Crippen LogP contribution is 2.25. The third-order valence-electron chi connectivity index (χ3n) is 4.36. The van der Waals surface area contributed by atoms with Crippen LogP contribution in [0.1, 0.15) is 46.4 Å². The van der Waals surface area contributed by atoms with E-state index in [0.717, 1.165) is 18.5 Å². The number of anilines is 2. The number of ether oxygens (including phenoxy) is 1. The lowest BCUT2D eigenvalue weighted by Gasteiger charge is -2.14. The first-order valence-corrected chi connectivity index (χ1v) is 8.85. The van der Waals surface area contributed by atoms with Crippen LogP contribution < -0.4 is 10.6 Å². The van der Waals surface area contributed by atoms with Gasteiger partial charge in [0.2, 0.25) is 0 Å². The van der Waals surface area contributed by atoms with Crippen molar-refractivity contribution in [1.82, 2.24) is 4.98 Å². The summed E-state index contributed by atoms with van der Waals surface area (Å²) in [5.74, 6) is -0.849. The van der Waals surface area contributed by atoms with Crippen molar-refractivity contribution in [3.8, 4) is 0 Å². The van der Waals surface area contributed by atoms with Gasteiger partial charge in [0.15, 0.2) is 0 Å². The van der Waals surface area contributed by atoms with E-state index in [9.17, 15) is 9.59 Å². The SMILES string of the molecule is COC(=O)c1ccc(Cl)c(NC(=O)c2cncc(NC3CCCC3)c2)c1. The number of pyridine rings is 1. The zero-order chi connectivity index (χ0) is 18.5. The van der Waals surface area contributed by atoms with Crippen LogP contribution >= 0.6 is 11.6 Å². The molecule has 7 heteroatoms. The molecule has 2 N–H and O–H groups in total. The third-order valence-corrected chi connectivity index (χ3v) is 4.69. The summed E-state index contributed by atoms with van der Waals surface area (Å²) in [6, 6.07) is 6.76. The van der Waals surface area contributed by atoms with E-state index in [4.69, 9.17) is 11.6 Å². The molecule has 0 aliphatic heterocycles. The molecule has 1 aromatic carbocycles. The molecule has 1 fully saturated rings. The van der Waals surface area contributed by atoms with Gasteiger partial charge in [-0.1, -0.05) is 24.4 Å². The lowest BCUT2D eigenvalue weighted by Crippen LogP contribution is -2.17. The highest BCUT2D eigenvalue weighted by atomic mass is 35.5. The minimum atomic E-state index is -0.499. The minimum Gasteiger partial charge on any atom is -0.465 e. The number of carbonyl (C=O) groups excluding carboxylic acids is 2. The Balaban J connectivity index is 1.74. The molecule has 1 aliphatic carbocycles. The van der Waals surface area contributed by atoms with Gasteiger partial charge in [0.1, 0.15) is 0 Å². The summed E-state index contributed by atoms with van der Waals surface area (Å²) in [6.07, 6.45) is 7.91. The Kier molecular flexibility index (Phi) is 5.73. The summed E-state index contributed by atoms with van der Waals surface area (Å²) in [6.45, 7) is 0. The molecule has 1 saturated carbocycles. The number of hydrogen-bond acceptors (Lipinski definition) is 5. The summed E-state index contributed by atoms with van der Waals surface area (Å²) in [5, 5.41) is 6.47. The van der Waals surface area contributed by atoms with Gasteiger partial charge in [0, 0.05) is 18.4 Å². The Morgan fingerprint density at radius 2 is 1.92 bits per heavy atom. The first-order chi connectivity index (χ1) is 12.6. The highest BCUT2D eigenvalue weighted by molar-refractivity contribution is 6.34. The van der Waals surface area contributed by atoms with Gasteiger partial charge >= 0.3 is 5.97 Å². The predicted octanol–water partition coefficient (Wildman–Crippen LogP) is 4.13. The van der Waals surface area contributed by atoms with Gasteiger partial charge in [-0.15, -0.1) is 0 Å². The van der Waals surface area contributed by atoms with Crippen molar-refractivity contribution in [3.63, 3.8) is 0 Å². The van der Waals surface area contributed by atoms with E-state index in [2.05, 4.69) is 20.4 Å². The number of amides is 1. The fourth-order valence-corrected chi connectivity index (χ4v) is 3.17. The topological polar surface area (TPSA) is 80.3 Å². The number of halogens is 1. The normalized spacial score (nSPS) is 14.1. The second kappa shape index (κ2) is 8.19. The van der Waals surface area contributed by atoms with Gasteiger partial charge < -0.3 is 15.4 Å². The molecule has 1 aliphatic rings. The van der Waals surface area contributed by atoms with Crippen molar-refractivity contribution in [2.45, 2.75) is 31.7 Å². The third kappa shape index (κ3) is 4.32. The lowest BCUT2D eigenvalue weighted by molar-refractivity contribution is 0.0600. The van der Waals surface area contributed by atoms with Crippen molar-refractivity contribution in [1.29, 1.82) is 0 Å². The Morgan fingerprint density at radius 3 is 2.65 bits per heavy atom. The van der Waals surface area contributed by atoms with Crippen LogP contribution in [-0.4, -0.2) is 30.0 Å². The molecule has 1 aromatic heterocycles. The van der Waals surface area contributed by atoms with Crippen LogP contribution in [0.15, 0.2) is 36.7 Å². The van der Waals surface area contributed by atoms with Gasteiger partial charge in [-0.25, -0.2) is 4.79 Å². The Hall–Kier alpha value is -2.60. The maximum absolute atomic E-state index is 12.6. The van der Waals surface area contributed by atoms with Gasteiger partial charge in [-0.05, 0) is 37.1 Å². The van der Waals surface area contributed by atoms with E-state index in [0.29, 0.717) is 27.9 Å². The minimum absolute atomic E-state index is 0.307. The number of esters is 1. The van der Waals surface area contributed by atoms with Gasteiger partial charge in [-0.3, -0.25) is 9.78 Å². The molecule has 3 rings (SSSR count). The quantitative estimate of drug-likeness (QED) is 0.770.